The topological polar surface area (TPSA) is 86.5 Å². The molecule has 2 atom stereocenters. The van der Waals surface area contributed by atoms with Crippen molar-refractivity contribution in [1.82, 2.24) is 0 Å². The van der Waals surface area contributed by atoms with Crippen LogP contribution in [0.1, 0.15) is 24.8 Å². The van der Waals surface area contributed by atoms with Crippen molar-refractivity contribution in [2.75, 3.05) is 0 Å². The number of fused-ring (bicyclic) bond motifs is 1. The highest BCUT2D eigenvalue weighted by atomic mass is 16.6. The summed E-state index contributed by atoms with van der Waals surface area (Å²) in [6.07, 6.45) is 2.82. The number of nitrogens with zero attached hydrogens (tertiary/aromatic N) is 1. The monoisotopic (exact) mass is 287 g/mol. The standard InChI is InChI=1S/C15H13NO5/c17-11-5-6-14-12(8-11)13(15(18)21-14)7-9-1-3-10(4-2-9)16(19)20/h1-4,7,12,14H,5-6,8H2/b13-7-/t12-,14-/m1/s1. The van der Waals surface area contributed by atoms with E-state index in [2.05, 4.69) is 0 Å². The Morgan fingerprint density at radius 2 is 1.95 bits per heavy atom. The number of carbonyl (C=O) groups excluding carboxylic acids is 2. The molecular weight excluding hydrogens is 274 g/mol. The number of nitro groups is 1. The van der Waals surface area contributed by atoms with Crippen molar-refractivity contribution in [1.29, 1.82) is 0 Å². The van der Waals surface area contributed by atoms with Gasteiger partial charge in [-0.05, 0) is 30.2 Å². The van der Waals surface area contributed by atoms with Crippen LogP contribution in [0.3, 0.4) is 0 Å². The number of nitro benzene ring substituents is 1. The Morgan fingerprint density at radius 3 is 2.62 bits per heavy atom. The Morgan fingerprint density at radius 1 is 1.24 bits per heavy atom. The highest BCUT2D eigenvalue weighted by molar-refractivity contribution is 5.98. The quantitative estimate of drug-likeness (QED) is 0.360. The molecule has 1 aliphatic heterocycles. The number of esters is 1. The molecule has 1 aliphatic carbocycles. The Hall–Kier alpha value is -2.50. The minimum atomic E-state index is -0.476. The summed E-state index contributed by atoms with van der Waals surface area (Å²) in [7, 11) is 0. The van der Waals surface area contributed by atoms with Gasteiger partial charge in [-0.2, -0.15) is 0 Å². The molecule has 108 valence electrons. The fraction of sp³-hybridized carbons (Fsp3) is 0.333. The zero-order chi connectivity index (χ0) is 15.0. The molecule has 2 aliphatic rings. The van der Waals surface area contributed by atoms with E-state index >= 15 is 0 Å². The second kappa shape index (κ2) is 5.12. The van der Waals surface area contributed by atoms with Crippen molar-refractivity contribution in [2.24, 2.45) is 5.92 Å². The van der Waals surface area contributed by atoms with Gasteiger partial charge in [-0.1, -0.05) is 0 Å². The fourth-order valence-corrected chi connectivity index (χ4v) is 2.83. The summed E-state index contributed by atoms with van der Waals surface area (Å²) in [5.74, 6) is -0.434. The van der Waals surface area contributed by atoms with Gasteiger partial charge in [0.15, 0.2) is 0 Å². The van der Waals surface area contributed by atoms with Crippen LogP contribution in [0.5, 0.6) is 0 Å². The molecule has 0 radical (unpaired) electrons. The van der Waals surface area contributed by atoms with E-state index in [0.29, 0.717) is 30.4 Å². The van der Waals surface area contributed by atoms with Gasteiger partial charge in [-0.25, -0.2) is 4.79 Å². The first-order chi connectivity index (χ1) is 10.0. The van der Waals surface area contributed by atoms with Gasteiger partial charge in [0.1, 0.15) is 11.9 Å². The molecule has 2 fully saturated rings. The smallest absolute Gasteiger partial charge is 0.334 e. The van der Waals surface area contributed by atoms with Gasteiger partial charge in [-0.15, -0.1) is 0 Å². The molecule has 1 heterocycles. The Bertz CT molecular complexity index is 647. The van der Waals surface area contributed by atoms with E-state index in [1.165, 1.54) is 12.1 Å². The lowest BCUT2D eigenvalue weighted by Crippen LogP contribution is -2.26. The van der Waals surface area contributed by atoms with Gasteiger partial charge in [0, 0.05) is 36.5 Å². The molecule has 0 unspecified atom stereocenters. The van der Waals surface area contributed by atoms with Gasteiger partial charge in [0.05, 0.1) is 4.92 Å². The number of ketones is 1. The first-order valence-corrected chi connectivity index (χ1v) is 6.73. The number of hydrogen-bond donors (Lipinski definition) is 0. The largest absolute Gasteiger partial charge is 0.458 e. The fourth-order valence-electron chi connectivity index (χ4n) is 2.83. The molecular formula is C15H13NO5. The summed E-state index contributed by atoms with van der Waals surface area (Å²) in [6, 6.07) is 5.93. The van der Waals surface area contributed by atoms with Crippen molar-refractivity contribution < 1.29 is 19.2 Å². The lowest BCUT2D eigenvalue weighted by Gasteiger charge is -2.21. The molecule has 0 amide bonds. The average Bonchev–Trinajstić information content (AvgIpc) is 2.76. The zero-order valence-electron chi connectivity index (χ0n) is 11.2. The molecule has 6 heteroatoms. The first-order valence-electron chi connectivity index (χ1n) is 6.73. The maximum Gasteiger partial charge on any atom is 0.334 e. The number of rotatable bonds is 2. The summed E-state index contributed by atoms with van der Waals surface area (Å²) in [5, 5.41) is 10.6. The van der Waals surface area contributed by atoms with Crippen molar-refractivity contribution in [3.8, 4) is 0 Å². The lowest BCUT2D eigenvalue weighted by molar-refractivity contribution is -0.384. The second-order valence-corrected chi connectivity index (χ2v) is 5.28. The molecule has 3 rings (SSSR count). The summed E-state index contributed by atoms with van der Waals surface area (Å²) in [6.45, 7) is 0. The Labute approximate surface area is 120 Å². The van der Waals surface area contributed by atoms with Crippen LogP contribution in [-0.2, 0) is 14.3 Å². The van der Waals surface area contributed by atoms with Gasteiger partial charge < -0.3 is 4.74 Å². The van der Waals surface area contributed by atoms with E-state index in [9.17, 15) is 19.7 Å². The third-order valence-electron chi connectivity index (χ3n) is 3.92. The third kappa shape index (κ3) is 2.56. The number of carbonyl (C=O) groups is 2. The van der Waals surface area contributed by atoms with E-state index in [0.717, 1.165) is 0 Å². The normalized spacial score (nSPS) is 26.6. The van der Waals surface area contributed by atoms with Crippen LogP contribution < -0.4 is 0 Å². The molecule has 1 aromatic carbocycles. The summed E-state index contributed by atoms with van der Waals surface area (Å²) >= 11 is 0. The zero-order valence-corrected chi connectivity index (χ0v) is 11.2. The Balaban J connectivity index is 1.88. The van der Waals surface area contributed by atoms with E-state index in [4.69, 9.17) is 4.74 Å². The highest BCUT2D eigenvalue weighted by Crippen LogP contribution is 2.38. The minimum absolute atomic E-state index is 0.00290. The number of non-ortho nitro benzene ring substituents is 1. The molecule has 0 spiro atoms. The highest BCUT2D eigenvalue weighted by Gasteiger charge is 2.43. The Kier molecular flexibility index (Phi) is 3.29. The van der Waals surface area contributed by atoms with Crippen LogP contribution in [0.4, 0.5) is 5.69 Å². The summed E-state index contributed by atoms with van der Waals surface area (Å²) in [4.78, 5) is 33.6. The van der Waals surface area contributed by atoms with E-state index in [1.54, 1.807) is 18.2 Å². The minimum Gasteiger partial charge on any atom is -0.458 e. The molecule has 21 heavy (non-hydrogen) atoms. The van der Waals surface area contributed by atoms with Crippen molar-refractivity contribution in [3.05, 3.63) is 45.5 Å². The van der Waals surface area contributed by atoms with Crippen LogP contribution >= 0.6 is 0 Å². The number of hydrogen-bond acceptors (Lipinski definition) is 5. The van der Waals surface area contributed by atoms with Crippen LogP contribution in [0.2, 0.25) is 0 Å². The third-order valence-corrected chi connectivity index (χ3v) is 3.92. The van der Waals surface area contributed by atoms with Crippen LogP contribution in [0.25, 0.3) is 6.08 Å². The number of benzene rings is 1. The van der Waals surface area contributed by atoms with Gasteiger partial charge in [-0.3, -0.25) is 14.9 Å². The van der Waals surface area contributed by atoms with Crippen molar-refractivity contribution in [3.63, 3.8) is 0 Å². The van der Waals surface area contributed by atoms with E-state index in [-0.39, 0.29) is 23.5 Å². The molecule has 6 nitrogen and oxygen atoms in total. The SMILES string of the molecule is O=C1CC[C@H]2OC(=O)/C(=C\c3ccc([N+](=O)[O-])cc3)[C@H]2C1. The number of ether oxygens (including phenoxy) is 1. The van der Waals surface area contributed by atoms with Crippen LogP contribution in [0, 0.1) is 16.0 Å². The van der Waals surface area contributed by atoms with Crippen molar-refractivity contribution >= 4 is 23.5 Å². The molecule has 0 aromatic heterocycles. The maximum absolute atomic E-state index is 11.9. The molecule has 1 saturated heterocycles. The molecule has 0 N–H and O–H groups in total. The molecule has 0 bridgehead atoms. The van der Waals surface area contributed by atoms with Crippen LogP contribution in [0.15, 0.2) is 29.8 Å². The number of Topliss-reactive ketones (excluding diaryl/α,β-unsaturated/α-hetero) is 1. The summed E-state index contributed by atoms with van der Waals surface area (Å²) < 4.78 is 5.29. The second-order valence-electron chi connectivity index (χ2n) is 5.28. The maximum atomic E-state index is 11.9. The van der Waals surface area contributed by atoms with E-state index in [1.807, 2.05) is 0 Å². The van der Waals surface area contributed by atoms with Gasteiger partial charge in [0.2, 0.25) is 0 Å². The molecule has 1 aromatic rings. The van der Waals surface area contributed by atoms with E-state index < -0.39 is 10.9 Å². The van der Waals surface area contributed by atoms with Crippen LogP contribution in [-0.4, -0.2) is 22.8 Å². The predicted octanol–water partition coefficient (Wildman–Crippen LogP) is 2.27. The predicted molar refractivity (Wildman–Crippen MR) is 73.3 cm³/mol. The van der Waals surface area contributed by atoms with Crippen molar-refractivity contribution in [2.45, 2.75) is 25.4 Å². The molecule has 1 saturated carbocycles. The average molecular weight is 287 g/mol. The lowest BCUT2D eigenvalue weighted by atomic mass is 9.82. The van der Waals surface area contributed by atoms with Gasteiger partial charge in [0.25, 0.3) is 5.69 Å². The summed E-state index contributed by atoms with van der Waals surface area (Å²) in [5.41, 5.74) is 1.17. The first kappa shape index (κ1) is 13.5. The van der Waals surface area contributed by atoms with Gasteiger partial charge >= 0.3 is 5.97 Å².